The standard InChI is InChI=1S/C26H27ClF3N5O3S/c1-25(2,3)38-24(37)34-10-8-33(9-11-34)22-16-12-17(26(28,29)30)19(27)21-20(16)35(23(36)32-22)13-15(14-39-21)18-6-4-5-7-31-18/h4-7,12,15H,8-11,13-14H2,1-3H3/t15-/m1/s1. The summed E-state index contributed by atoms with van der Waals surface area (Å²) in [5, 5.41) is -0.233. The molecule has 2 aliphatic rings. The highest BCUT2D eigenvalue weighted by atomic mass is 35.5. The van der Waals surface area contributed by atoms with Gasteiger partial charge in [-0.3, -0.25) is 9.55 Å². The van der Waals surface area contributed by atoms with Crippen LogP contribution in [0.1, 0.15) is 37.9 Å². The maximum atomic E-state index is 14.1. The van der Waals surface area contributed by atoms with Crippen LogP contribution >= 0.6 is 23.4 Å². The predicted octanol–water partition coefficient (Wildman–Crippen LogP) is 5.41. The van der Waals surface area contributed by atoms with Gasteiger partial charge in [0, 0.05) is 61.7 Å². The van der Waals surface area contributed by atoms with Crippen LogP contribution in [0.15, 0.2) is 40.2 Å². The summed E-state index contributed by atoms with van der Waals surface area (Å²) in [6.45, 7) is 6.60. The van der Waals surface area contributed by atoms with Crippen LogP contribution in [0, 0.1) is 0 Å². The number of nitrogens with zero attached hydrogens (tertiary/aromatic N) is 5. The highest BCUT2D eigenvalue weighted by Crippen LogP contribution is 2.47. The number of amides is 1. The molecule has 1 saturated heterocycles. The Bertz CT molecular complexity index is 1470. The molecule has 1 fully saturated rings. The molecule has 13 heteroatoms. The van der Waals surface area contributed by atoms with Gasteiger partial charge < -0.3 is 14.5 Å². The Balaban J connectivity index is 1.58. The lowest BCUT2D eigenvalue weighted by molar-refractivity contribution is -0.137. The first-order valence-electron chi connectivity index (χ1n) is 12.4. The number of piperazine rings is 1. The van der Waals surface area contributed by atoms with E-state index in [2.05, 4.69) is 9.97 Å². The van der Waals surface area contributed by atoms with Crippen molar-refractivity contribution in [2.45, 2.75) is 49.9 Å². The third kappa shape index (κ3) is 5.54. The van der Waals surface area contributed by atoms with Gasteiger partial charge in [-0.25, -0.2) is 9.59 Å². The molecule has 0 aliphatic carbocycles. The molecule has 5 rings (SSSR count). The van der Waals surface area contributed by atoms with Gasteiger partial charge in [0.05, 0.1) is 21.0 Å². The zero-order valence-electron chi connectivity index (χ0n) is 21.6. The summed E-state index contributed by atoms with van der Waals surface area (Å²) in [7, 11) is 0. The molecule has 0 spiro atoms. The molecule has 0 unspecified atom stereocenters. The zero-order chi connectivity index (χ0) is 28.1. The lowest BCUT2D eigenvalue weighted by Gasteiger charge is -2.36. The van der Waals surface area contributed by atoms with E-state index in [-0.39, 0.29) is 54.7 Å². The molecule has 1 aromatic carbocycles. The zero-order valence-corrected chi connectivity index (χ0v) is 23.2. The summed E-state index contributed by atoms with van der Waals surface area (Å²) in [5.74, 6) is 0.299. The van der Waals surface area contributed by atoms with Gasteiger partial charge in [-0.1, -0.05) is 17.7 Å². The molecule has 4 heterocycles. The Morgan fingerprint density at radius 3 is 2.49 bits per heavy atom. The topological polar surface area (TPSA) is 80.6 Å². The minimum absolute atomic E-state index is 0.149. The van der Waals surface area contributed by atoms with E-state index in [0.717, 1.165) is 11.8 Å². The molecule has 2 aromatic heterocycles. The first kappa shape index (κ1) is 27.6. The number of aromatic nitrogens is 3. The van der Waals surface area contributed by atoms with Gasteiger partial charge in [-0.05, 0) is 39.0 Å². The van der Waals surface area contributed by atoms with Crippen LogP contribution in [0.5, 0.6) is 0 Å². The number of anilines is 1. The van der Waals surface area contributed by atoms with E-state index in [1.165, 1.54) is 21.2 Å². The van der Waals surface area contributed by atoms with Gasteiger partial charge in [0.25, 0.3) is 0 Å². The number of carbonyl (C=O) groups is 1. The van der Waals surface area contributed by atoms with Crippen molar-refractivity contribution in [3.05, 3.63) is 57.2 Å². The number of rotatable bonds is 2. The SMILES string of the molecule is CC(C)(C)OC(=O)N1CCN(c2nc(=O)n3c4c(c(Cl)c(C(F)(F)F)cc24)SC[C@H](c2ccccn2)C3)CC1. The first-order chi connectivity index (χ1) is 18.3. The number of ether oxygens (including phenoxy) is 1. The molecule has 0 saturated carbocycles. The monoisotopic (exact) mass is 581 g/mol. The number of halogens is 4. The van der Waals surface area contributed by atoms with Crippen LogP contribution in [-0.2, 0) is 17.5 Å². The number of alkyl halides is 3. The molecule has 1 atom stereocenters. The van der Waals surface area contributed by atoms with Crippen molar-refractivity contribution in [1.82, 2.24) is 19.4 Å². The van der Waals surface area contributed by atoms with E-state index in [1.54, 1.807) is 37.9 Å². The summed E-state index contributed by atoms with van der Waals surface area (Å²) in [6, 6.07) is 6.42. The Labute approximate surface area is 232 Å². The molecule has 1 amide bonds. The number of hydrogen-bond donors (Lipinski definition) is 0. The Morgan fingerprint density at radius 1 is 1.15 bits per heavy atom. The van der Waals surface area contributed by atoms with Crippen LogP contribution in [0.2, 0.25) is 5.02 Å². The van der Waals surface area contributed by atoms with Crippen LogP contribution in [0.25, 0.3) is 10.9 Å². The molecule has 0 N–H and O–H groups in total. The quantitative estimate of drug-likeness (QED) is 0.400. The average molecular weight is 582 g/mol. The Morgan fingerprint density at radius 2 is 1.87 bits per heavy atom. The second-order valence-corrected chi connectivity index (χ2v) is 11.9. The molecule has 0 bridgehead atoms. The highest BCUT2D eigenvalue weighted by molar-refractivity contribution is 7.99. The third-order valence-corrected chi connectivity index (χ3v) is 8.37. The van der Waals surface area contributed by atoms with Crippen molar-refractivity contribution in [3.63, 3.8) is 0 Å². The molecular weight excluding hydrogens is 555 g/mol. The minimum Gasteiger partial charge on any atom is -0.444 e. The number of pyridine rings is 1. The molecule has 208 valence electrons. The number of benzene rings is 1. The van der Waals surface area contributed by atoms with Gasteiger partial charge in [0.15, 0.2) is 0 Å². The van der Waals surface area contributed by atoms with Crippen molar-refractivity contribution in [2.75, 3.05) is 36.8 Å². The Hall–Kier alpha value is -2.99. The summed E-state index contributed by atoms with van der Waals surface area (Å²) in [6.07, 6.45) is -3.53. The van der Waals surface area contributed by atoms with Crippen LogP contribution in [0.3, 0.4) is 0 Å². The molecule has 3 aromatic rings. The van der Waals surface area contributed by atoms with E-state index in [1.807, 2.05) is 12.1 Å². The second kappa shape index (κ2) is 10.2. The summed E-state index contributed by atoms with van der Waals surface area (Å²) in [5.41, 5.74) is -1.14. The maximum absolute atomic E-state index is 14.1. The minimum atomic E-state index is -4.71. The van der Waals surface area contributed by atoms with Gasteiger partial charge in [-0.2, -0.15) is 18.2 Å². The van der Waals surface area contributed by atoms with E-state index in [9.17, 15) is 22.8 Å². The highest BCUT2D eigenvalue weighted by Gasteiger charge is 2.38. The number of carbonyl (C=O) groups excluding carboxylic acids is 1. The number of hydrogen-bond acceptors (Lipinski definition) is 7. The van der Waals surface area contributed by atoms with E-state index in [4.69, 9.17) is 16.3 Å². The van der Waals surface area contributed by atoms with Gasteiger partial charge in [0.1, 0.15) is 11.4 Å². The maximum Gasteiger partial charge on any atom is 0.417 e. The lowest BCUT2D eigenvalue weighted by atomic mass is 10.1. The van der Waals surface area contributed by atoms with Crippen molar-refractivity contribution in [3.8, 4) is 0 Å². The van der Waals surface area contributed by atoms with Crippen molar-refractivity contribution < 1.29 is 22.7 Å². The average Bonchev–Trinajstić information content (AvgIpc) is 3.08. The smallest absolute Gasteiger partial charge is 0.417 e. The van der Waals surface area contributed by atoms with Gasteiger partial charge in [0.2, 0.25) is 0 Å². The normalized spacial score (nSPS) is 18.3. The van der Waals surface area contributed by atoms with Crippen molar-refractivity contribution in [2.24, 2.45) is 0 Å². The van der Waals surface area contributed by atoms with Crippen LogP contribution in [0.4, 0.5) is 23.8 Å². The fourth-order valence-corrected chi connectivity index (χ4v) is 6.45. The summed E-state index contributed by atoms with van der Waals surface area (Å²) < 4.78 is 49.2. The van der Waals surface area contributed by atoms with Crippen LogP contribution in [-0.4, -0.2) is 63.1 Å². The molecule has 39 heavy (non-hydrogen) atoms. The molecule has 2 aliphatic heterocycles. The molecule has 8 nitrogen and oxygen atoms in total. The summed E-state index contributed by atoms with van der Waals surface area (Å²) >= 11 is 7.57. The molecule has 0 radical (unpaired) electrons. The predicted molar refractivity (Wildman–Crippen MR) is 144 cm³/mol. The molecular formula is C26H27ClF3N5O3S. The third-order valence-electron chi connectivity index (χ3n) is 6.61. The van der Waals surface area contributed by atoms with E-state index in [0.29, 0.717) is 11.3 Å². The fraction of sp³-hybridized carbons (Fsp3) is 0.462. The van der Waals surface area contributed by atoms with Gasteiger partial charge in [-0.15, -0.1) is 11.8 Å². The summed E-state index contributed by atoms with van der Waals surface area (Å²) in [4.78, 5) is 38.1. The van der Waals surface area contributed by atoms with Gasteiger partial charge >= 0.3 is 18.0 Å². The van der Waals surface area contributed by atoms with E-state index >= 15 is 0 Å². The van der Waals surface area contributed by atoms with Crippen molar-refractivity contribution >= 4 is 46.2 Å². The van der Waals surface area contributed by atoms with E-state index < -0.39 is 34.1 Å². The fourth-order valence-electron chi connectivity index (χ4n) is 4.80. The van der Waals surface area contributed by atoms with Crippen molar-refractivity contribution in [1.29, 1.82) is 0 Å². The number of thioether (sulfide) groups is 1. The second-order valence-electron chi connectivity index (χ2n) is 10.5. The Kier molecular flexibility index (Phi) is 7.21. The lowest BCUT2D eigenvalue weighted by Crippen LogP contribution is -2.50. The van der Waals surface area contributed by atoms with Crippen LogP contribution < -0.4 is 10.6 Å². The largest absolute Gasteiger partial charge is 0.444 e. The first-order valence-corrected chi connectivity index (χ1v) is 13.8.